The van der Waals surface area contributed by atoms with Crippen LogP contribution in [0.3, 0.4) is 0 Å². The summed E-state index contributed by atoms with van der Waals surface area (Å²) < 4.78 is 22.5. The number of hydrogen-bond acceptors (Lipinski definition) is 5. The van der Waals surface area contributed by atoms with Crippen molar-refractivity contribution in [1.29, 1.82) is 0 Å². The minimum atomic E-state index is -1.00. The molecule has 0 aliphatic heterocycles. The van der Waals surface area contributed by atoms with E-state index in [4.69, 9.17) is 21.3 Å². The number of aryl methyl sites for hydroxylation is 4. The summed E-state index contributed by atoms with van der Waals surface area (Å²) in [6, 6.07) is 27.7. The molecule has 228 valence electrons. The molecule has 47 heavy (non-hydrogen) atoms. The first-order valence-corrected chi connectivity index (χ1v) is 14.4. The number of phenolic OH excluding ortho intramolecular Hbond substituents is 1. The van der Waals surface area contributed by atoms with Crippen molar-refractivity contribution in [3.63, 3.8) is 0 Å². The van der Waals surface area contributed by atoms with Gasteiger partial charge in [-0.3, -0.25) is 9.18 Å². The molecule has 0 heterocycles. The predicted octanol–water partition coefficient (Wildman–Crippen LogP) is 0.421. The fraction of sp³-hybridized carbons (Fsp3) is 0.147. The maximum Gasteiger partial charge on any atom is 1.00 e. The van der Waals surface area contributed by atoms with Crippen LogP contribution in [0.2, 0.25) is 0 Å². The van der Waals surface area contributed by atoms with Crippen molar-refractivity contribution in [3.05, 3.63) is 136 Å². The van der Waals surface area contributed by atoms with Gasteiger partial charge in [0.05, 0.1) is 8.52 Å². The molecule has 13 heteroatoms. The molecule has 4 aromatic carbocycles. The molecule has 1 N–H and O–H groups in total. The zero-order chi connectivity index (χ0) is 34.3. The molecule has 6 rings (SSSR count). The normalized spacial score (nSPS) is 10.3. The van der Waals surface area contributed by atoms with E-state index >= 15 is 0 Å². The zero-order valence-electron chi connectivity index (χ0n) is 28.9. The second kappa shape index (κ2) is 29.1. The van der Waals surface area contributed by atoms with E-state index in [2.05, 4.69) is 87.5 Å². The Morgan fingerprint density at radius 2 is 1.21 bits per heavy atom. The number of hydrogen-bond donors (Lipinski definition) is 1. The van der Waals surface area contributed by atoms with Crippen molar-refractivity contribution in [2.45, 2.75) is 25.7 Å². The predicted molar refractivity (Wildman–Crippen MR) is 189 cm³/mol. The third-order valence-corrected chi connectivity index (χ3v) is 6.69. The fourth-order valence-electron chi connectivity index (χ4n) is 3.82. The van der Waals surface area contributed by atoms with Crippen LogP contribution >= 0.6 is 15.9 Å². The van der Waals surface area contributed by atoms with Crippen molar-refractivity contribution in [2.24, 2.45) is 0 Å². The van der Waals surface area contributed by atoms with Crippen molar-refractivity contribution in [1.82, 2.24) is 0 Å². The number of carbonyl (C=O) groups excluding carboxylic acids is 1. The first kappa shape index (κ1) is 46.3. The average molecular weight is 744 g/mol. The van der Waals surface area contributed by atoms with Crippen LogP contribution in [0.1, 0.15) is 36.2 Å². The Kier molecular flexibility index (Phi) is 28.7. The zero-order valence-corrected chi connectivity index (χ0v) is 34.7. The van der Waals surface area contributed by atoms with E-state index in [1.807, 2.05) is 48.5 Å². The Morgan fingerprint density at radius 1 is 0.830 bits per heavy atom. The van der Waals surface area contributed by atoms with E-state index in [0.717, 1.165) is 22.6 Å². The maximum atomic E-state index is 9.96. The molecule has 6 radical (unpaired) electrons. The number of halogens is 2. The van der Waals surface area contributed by atoms with Gasteiger partial charge in [-0.25, -0.2) is 0 Å². The van der Waals surface area contributed by atoms with Gasteiger partial charge in [-0.15, -0.1) is 0 Å². The van der Waals surface area contributed by atoms with Crippen LogP contribution in [0.15, 0.2) is 103 Å². The summed E-state index contributed by atoms with van der Waals surface area (Å²) in [6.45, 7) is 7.13. The monoisotopic (exact) mass is 743 g/mol. The number of carbonyl (C=O) groups is 1. The second-order valence-corrected chi connectivity index (χ2v) is 10.2. The standard InChI is InChI=1S/C16H14O.C8H7Br.C8H8O.CH3F.CH2O3.B4.2K.H/c1-2-12-3-8-15(9-4-12)17-16-10-7-13-5-6-14(13)11-16;9-8-4-3-6-1-2-7(6)5-8;1-2-7-3-5-8(9)6-4-7;1-2;2-1-4-3;1-4(2)3;;;/h2-4,7-11H,1,5-6H2;3-5H,1-2H2;2-6,9H,1H2;1H3;1,3H;;;;/q;;;;;;2*+1;-1/p-1/i;;;1D;;;;;. The van der Waals surface area contributed by atoms with Crippen molar-refractivity contribution in [2.75, 3.05) is 7.15 Å². The molecule has 2 aliphatic rings. The van der Waals surface area contributed by atoms with Gasteiger partial charge >= 0.3 is 103 Å². The number of aromatic hydroxyl groups is 1. The van der Waals surface area contributed by atoms with Gasteiger partial charge in [-0.2, -0.15) is 0 Å². The quantitative estimate of drug-likeness (QED) is 0.139. The van der Waals surface area contributed by atoms with E-state index in [1.165, 1.54) is 52.4 Å². The SMILES string of the molecule is Brc1ccc2c(c1)CC2.C=Cc1ccc(O)cc1.C=Cc1ccc(Oc2ccc3c(c2)CC3)cc1.O=CO[O-].[2H]CF.[B]B([B])[B].[H-].[K+].[K+]. The molecule has 0 unspecified atom stereocenters. The summed E-state index contributed by atoms with van der Waals surface area (Å²) in [7, 11) is 13.0. The molecule has 5 nitrogen and oxygen atoms in total. The first-order chi connectivity index (χ1) is 22.1. The van der Waals surface area contributed by atoms with Crippen LogP contribution in [0.4, 0.5) is 4.39 Å². The largest absolute Gasteiger partial charge is 1.00 e. The smallest absolute Gasteiger partial charge is 1.00 e. The van der Waals surface area contributed by atoms with E-state index in [-0.39, 0.29) is 111 Å². The minimum absolute atomic E-state index is 0. The van der Waals surface area contributed by atoms with E-state index in [0.29, 0.717) is 5.75 Å². The number of alkyl halides is 1. The minimum Gasteiger partial charge on any atom is -1.00 e. The van der Waals surface area contributed by atoms with Crippen LogP contribution in [0.5, 0.6) is 17.2 Å². The second-order valence-electron chi connectivity index (χ2n) is 9.28. The van der Waals surface area contributed by atoms with Gasteiger partial charge in [0.2, 0.25) is 0 Å². The molecule has 0 amide bonds. The Balaban J connectivity index is -0.000000573. The molecule has 0 aromatic heterocycles. The molecular weight excluding hydrogens is 709 g/mol. The summed E-state index contributed by atoms with van der Waals surface area (Å²) >= 11 is 3.43. The summed E-state index contributed by atoms with van der Waals surface area (Å²) in [4.78, 5) is 11.2. The van der Waals surface area contributed by atoms with Gasteiger partial charge < -0.3 is 21.4 Å². The van der Waals surface area contributed by atoms with Gasteiger partial charge in [0.25, 0.3) is 6.47 Å². The van der Waals surface area contributed by atoms with Crippen molar-refractivity contribution in [3.8, 4) is 17.2 Å². The molecule has 4 aromatic rings. The topological polar surface area (TPSA) is 78.8 Å². The van der Waals surface area contributed by atoms with Gasteiger partial charge in [-0.05, 0) is 108 Å². The maximum absolute atomic E-state index is 9.96. The number of benzene rings is 4. The van der Waals surface area contributed by atoms with E-state index in [1.54, 1.807) is 18.2 Å². The average Bonchev–Trinajstić information content (AvgIpc) is 3.02. The van der Waals surface area contributed by atoms with Crippen molar-refractivity contribution < 1.29 is 135 Å². The summed E-state index contributed by atoms with van der Waals surface area (Å²) in [6.07, 6.45) is 7.84. The Bertz CT molecular complexity index is 1490. The molecule has 0 atom stereocenters. The molecule has 0 saturated carbocycles. The molecule has 0 bridgehead atoms. The fourth-order valence-corrected chi connectivity index (χ4v) is 4.23. The van der Waals surface area contributed by atoms with Gasteiger partial charge in [0, 0.05) is 34.1 Å². The van der Waals surface area contributed by atoms with Crippen LogP contribution < -0.4 is 113 Å². The molecule has 0 fully saturated rings. The van der Waals surface area contributed by atoms with E-state index in [9.17, 15) is 4.39 Å². The van der Waals surface area contributed by atoms with Gasteiger partial charge in [0.15, 0.2) is 0 Å². The van der Waals surface area contributed by atoms with Crippen LogP contribution in [-0.4, -0.2) is 48.3 Å². The summed E-state index contributed by atoms with van der Waals surface area (Å²) in [5, 5.41) is 17.2. The number of ether oxygens (including phenoxy) is 1. The molecule has 0 spiro atoms. The molecular formula is C34H34B4BrFK2O5. The van der Waals surface area contributed by atoms with Crippen LogP contribution in [-0.2, 0) is 35.4 Å². The Morgan fingerprint density at radius 3 is 1.55 bits per heavy atom. The summed E-state index contributed by atoms with van der Waals surface area (Å²) in [5.41, 5.74) is 8.05. The Hall–Kier alpha value is -0.668. The third-order valence-electron chi connectivity index (χ3n) is 6.19. The van der Waals surface area contributed by atoms with Gasteiger partial charge in [-0.1, -0.05) is 77.6 Å². The number of fused-ring (bicyclic) bond motifs is 2. The van der Waals surface area contributed by atoms with E-state index < -0.39 is 13.5 Å². The van der Waals surface area contributed by atoms with Crippen LogP contribution in [0.25, 0.3) is 12.2 Å². The first-order valence-electron chi connectivity index (χ1n) is 14.4. The Labute approximate surface area is 379 Å². The number of rotatable bonds is 5. The van der Waals surface area contributed by atoms with Gasteiger partial charge in [0.1, 0.15) is 17.2 Å². The van der Waals surface area contributed by atoms with Crippen LogP contribution in [0, 0.1) is 0 Å². The molecule has 2 aliphatic carbocycles. The summed E-state index contributed by atoms with van der Waals surface area (Å²) in [5.74, 6) is 2.09. The number of phenols is 1. The van der Waals surface area contributed by atoms with Crippen molar-refractivity contribution >= 4 is 64.2 Å². The molecule has 0 saturated heterocycles. The third kappa shape index (κ3) is 20.6.